The topological polar surface area (TPSA) is 90.0 Å². The molecular formula is C13H16N4O3. The van der Waals surface area contributed by atoms with E-state index in [0.717, 1.165) is 0 Å². The van der Waals surface area contributed by atoms with E-state index >= 15 is 0 Å². The molecule has 2 heterocycles. The fourth-order valence-corrected chi connectivity index (χ4v) is 2.32. The molecule has 1 unspecified atom stereocenters. The van der Waals surface area contributed by atoms with Crippen molar-refractivity contribution in [1.82, 2.24) is 19.3 Å². The number of carbonyl (C=O) groups is 1. The molecule has 0 aliphatic heterocycles. The average molecular weight is 276 g/mol. The second kappa shape index (κ2) is 4.92. The van der Waals surface area contributed by atoms with Gasteiger partial charge in [0.1, 0.15) is 0 Å². The third-order valence-corrected chi connectivity index (χ3v) is 3.30. The van der Waals surface area contributed by atoms with Crippen LogP contribution >= 0.6 is 0 Å². The van der Waals surface area contributed by atoms with Gasteiger partial charge >= 0.3 is 11.7 Å². The summed E-state index contributed by atoms with van der Waals surface area (Å²) in [4.78, 5) is 27.2. The van der Waals surface area contributed by atoms with E-state index < -0.39 is 17.6 Å². The number of hydrogen-bond acceptors (Lipinski definition) is 4. The van der Waals surface area contributed by atoms with Gasteiger partial charge in [0, 0.05) is 36.3 Å². The quantitative estimate of drug-likeness (QED) is 0.894. The van der Waals surface area contributed by atoms with Gasteiger partial charge in [0.2, 0.25) is 0 Å². The van der Waals surface area contributed by atoms with Gasteiger partial charge in [0.05, 0.1) is 5.92 Å². The Morgan fingerprint density at radius 1 is 1.40 bits per heavy atom. The predicted octanol–water partition coefficient (Wildman–Crippen LogP) is 0.771. The summed E-state index contributed by atoms with van der Waals surface area (Å²) in [6, 6.07) is 1.68. The maximum atomic E-state index is 12.1. The Morgan fingerprint density at radius 3 is 2.55 bits per heavy atom. The van der Waals surface area contributed by atoms with Crippen LogP contribution in [0, 0.1) is 13.8 Å². The molecule has 2 aromatic heterocycles. The van der Waals surface area contributed by atoms with E-state index in [0.29, 0.717) is 22.8 Å². The van der Waals surface area contributed by atoms with Crippen molar-refractivity contribution in [2.24, 2.45) is 7.05 Å². The fourth-order valence-electron chi connectivity index (χ4n) is 2.32. The molecule has 7 nitrogen and oxygen atoms in total. The van der Waals surface area contributed by atoms with Gasteiger partial charge in [-0.2, -0.15) is 10.1 Å². The number of aryl methyl sites for hydroxylation is 2. The zero-order chi connectivity index (χ0) is 15.0. The summed E-state index contributed by atoms with van der Waals surface area (Å²) in [6.45, 7) is 4.93. The highest BCUT2D eigenvalue weighted by molar-refractivity contribution is 5.76. The summed E-state index contributed by atoms with van der Waals surface area (Å²) < 4.78 is 2.91. The first-order valence-corrected chi connectivity index (χ1v) is 6.16. The Bertz CT molecular complexity index is 730. The summed E-state index contributed by atoms with van der Waals surface area (Å²) in [5.74, 6) is -1.26. The number of hydrogen-bond donors (Lipinski definition) is 1. The minimum absolute atomic E-state index is 0.432. The van der Waals surface area contributed by atoms with Crippen molar-refractivity contribution < 1.29 is 9.90 Å². The number of carboxylic acids is 1. The SMILES string of the molecule is Cc1nc(=O)n(-c2ccn(C)n2)c(C)c1C(C)C(=O)O. The van der Waals surface area contributed by atoms with Crippen molar-refractivity contribution in [3.8, 4) is 5.82 Å². The van der Waals surface area contributed by atoms with Crippen LogP contribution in [0.5, 0.6) is 0 Å². The number of aliphatic carboxylic acids is 1. The van der Waals surface area contributed by atoms with Gasteiger partial charge in [0.25, 0.3) is 0 Å². The lowest BCUT2D eigenvalue weighted by Gasteiger charge is -2.16. The first kappa shape index (κ1) is 14.0. The number of rotatable bonds is 3. The maximum absolute atomic E-state index is 12.1. The lowest BCUT2D eigenvalue weighted by Crippen LogP contribution is -2.28. The summed E-state index contributed by atoms with van der Waals surface area (Å²) in [7, 11) is 1.74. The van der Waals surface area contributed by atoms with Crippen LogP contribution in [-0.2, 0) is 11.8 Å². The van der Waals surface area contributed by atoms with Gasteiger partial charge in [-0.05, 0) is 20.8 Å². The molecule has 1 N–H and O–H groups in total. The average Bonchev–Trinajstić information content (AvgIpc) is 2.74. The second-order valence-corrected chi connectivity index (χ2v) is 4.72. The largest absolute Gasteiger partial charge is 0.481 e. The molecule has 0 aromatic carbocycles. The maximum Gasteiger partial charge on any atom is 0.353 e. The Morgan fingerprint density at radius 2 is 2.05 bits per heavy atom. The van der Waals surface area contributed by atoms with E-state index in [9.17, 15) is 14.7 Å². The molecule has 1 atom stereocenters. The third kappa shape index (κ3) is 2.22. The smallest absolute Gasteiger partial charge is 0.353 e. The van der Waals surface area contributed by atoms with Crippen molar-refractivity contribution >= 4 is 5.97 Å². The van der Waals surface area contributed by atoms with Crippen LogP contribution < -0.4 is 5.69 Å². The van der Waals surface area contributed by atoms with Crippen LogP contribution in [0.15, 0.2) is 17.1 Å². The first-order valence-electron chi connectivity index (χ1n) is 6.16. The van der Waals surface area contributed by atoms with Crippen LogP contribution in [0.4, 0.5) is 0 Å². The standard InChI is InChI=1S/C13H16N4O3/c1-7(12(18)19)11-8(2)14-13(20)17(9(11)3)10-5-6-16(4)15-10/h5-7H,1-4H3,(H,18,19). The minimum atomic E-state index is -0.954. The Balaban J connectivity index is 2.74. The molecule has 0 spiro atoms. The normalized spacial score (nSPS) is 12.4. The molecule has 0 bridgehead atoms. The zero-order valence-corrected chi connectivity index (χ0v) is 11.8. The minimum Gasteiger partial charge on any atom is -0.481 e. The molecule has 106 valence electrons. The third-order valence-electron chi connectivity index (χ3n) is 3.30. The molecule has 0 fully saturated rings. The molecular weight excluding hydrogens is 260 g/mol. The van der Waals surface area contributed by atoms with E-state index in [1.165, 1.54) is 4.57 Å². The van der Waals surface area contributed by atoms with Gasteiger partial charge in [-0.25, -0.2) is 9.36 Å². The molecule has 0 saturated heterocycles. The molecule has 0 amide bonds. The van der Waals surface area contributed by atoms with Gasteiger partial charge in [0.15, 0.2) is 5.82 Å². The molecule has 20 heavy (non-hydrogen) atoms. The molecule has 2 rings (SSSR count). The molecule has 2 aromatic rings. The lowest BCUT2D eigenvalue weighted by atomic mass is 9.98. The summed E-state index contributed by atoms with van der Waals surface area (Å²) in [6.07, 6.45) is 1.71. The van der Waals surface area contributed by atoms with E-state index in [4.69, 9.17) is 0 Å². The monoisotopic (exact) mass is 276 g/mol. The van der Waals surface area contributed by atoms with Crippen LogP contribution in [0.25, 0.3) is 5.82 Å². The Kier molecular flexibility index (Phi) is 3.44. The molecule has 0 aliphatic rings. The molecule has 0 aliphatic carbocycles. The van der Waals surface area contributed by atoms with Crippen LogP contribution in [-0.4, -0.2) is 30.4 Å². The van der Waals surface area contributed by atoms with E-state index in [1.807, 2.05) is 0 Å². The number of nitrogens with zero attached hydrogens (tertiary/aromatic N) is 4. The first-order chi connectivity index (χ1) is 9.32. The Hall–Kier alpha value is -2.44. The number of aromatic nitrogens is 4. The number of carboxylic acid groups (broad SMARTS) is 1. The lowest BCUT2D eigenvalue weighted by molar-refractivity contribution is -0.138. The van der Waals surface area contributed by atoms with E-state index in [-0.39, 0.29) is 0 Å². The fraction of sp³-hybridized carbons (Fsp3) is 0.385. The van der Waals surface area contributed by atoms with Gasteiger partial charge < -0.3 is 5.11 Å². The predicted molar refractivity (Wildman–Crippen MR) is 72.1 cm³/mol. The van der Waals surface area contributed by atoms with Crippen LogP contribution in [0.1, 0.15) is 29.8 Å². The van der Waals surface area contributed by atoms with Crippen molar-refractivity contribution in [2.75, 3.05) is 0 Å². The summed E-state index contributed by atoms with van der Waals surface area (Å²) in [5.41, 5.74) is 1.08. The van der Waals surface area contributed by atoms with Crippen molar-refractivity contribution in [3.63, 3.8) is 0 Å². The van der Waals surface area contributed by atoms with Crippen molar-refractivity contribution in [1.29, 1.82) is 0 Å². The van der Waals surface area contributed by atoms with E-state index in [1.54, 1.807) is 44.8 Å². The highest BCUT2D eigenvalue weighted by Gasteiger charge is 2.23. The van der Waals surface area contributed by atoms with Gasteiger partial charge in [-0.3, -0.25) is 9.48 Å². The van der Waals surface area contributed by atoms with Gasteiger partial charge in [-0.1, -0.05) is 0 Å². The Labute approximate surface area is 115 Å². The van der Waals surface area contributed by atoms with Crippen molar-refractivity contribution in [3.05, 3.63) is 39.7 Å². The van der Waals surface area contributed by atoms with E-state index in [2.05, 4.69) is 10.1 Å². The van der Waals surface area contributed by atoms with Crippen LogP contribution in [0.3, 0.4) is 0 Å². The molecule has 0 radical (unpaired) electrons. The highest BCUT2D eigenvalue weighted by Crippen LogP contribution is 2.22. The second-order valence-electron chi connectivity index (χ2n) is 4.72. The summed E-state index contributed by atoms with van der Waals surface area (Å²) >= 11 is 0. The van der Waals surface area contributed by atoms with Crippen molar-refractivity contribution in [2.45, 2.75) is 26.7 Å². The summed E-state index contributed by atoms with van der Waals surface area (Å²) in [5, 5.41) is 13.4. The van der Waals surface area contributed by atoms with Gasteiger partial charge in [-0.15, -0.1) is 0 Å². The highest BCUT2D eigenvalue weighted by atomic mass is 16.4. The zero-order valence-electron chi connectivity index (χ0n) is 11.8. The molecule has 7 heteroatoms. The molecule has 0 saturated carbocycles. The van der Waals surface area contributed by atoms with Crippen LogP contribution in [0.2, 0.25) is 0 Å².